The second-order valence-corrected chi connectivity index (χ2v) is 5.58. The molecule has 2 aromatic rings. The van der Waals surface area contributed by atoms with Crippen molar-refractivity contribution in [1.82, 2.24) is 10.3 Å². The quantitative estimate of drug-likeness (QED) is 0.763. The van der Waals surface area contributed by atoms with Crippen LogP contribution in [0.15, 0.2) is 29.6 Å². The highest BCUT2D eigenvalue weighted by Crippen LogP contribution is 2.24. The fraction of sp³-hybridized carbons (Fsp3) is 0.438. The number of thiazole rings is 1. The molecular weight excluding hydrogens is 252 g/mol. The Hall–Kier alpha value is -1.19. The third-order valence-electron chi connectivity index (χ3n) is 3.17. The standard InChI is InChI=1S/C16H22N2S/c1-3-5-10-17-11-15-12-19-16(18-15)14-8-6-13(4-2)7-9-14/h6-9,12,17H,3-5,10-11H2,1-2H3. The summed E-state index contributed by atoms with van der Waals surface area (Å²) in [6.45, 7) is 6.35. The molecule has 2 nitrogen and oxygen atoms in total. The van der Waals surface area contributed by atoms with Crippen molar-refractivity contribution in [2.24, 2.45) is 0 Å². The number of benzene rings is 1. The molecular formula is C16H22N2S. The van der Waals surface area contributed by atoms with E-state index in [9.17, 15) is 0 Å². The van der Waals surface area contributed by atoms with Gasteiger partial charge in [0.25, 0.3) is 0 Å². The topological polar surface area (TPSA) is 24.9 Å². The summed E-state index contributed by atoms with van der Waals surface area (Å²) in [4.78, 5) is 4.69. The van der Waals surface area contributed by atoms with Gasteiger partial charge in [-0.1, -0.05) is 44.5 Å². The molecule has 1 heterocycles. The maximum absolute atomic E-state index is 4.69. The van der Waals surface area contributed by atoms with E-state index in [2.05, 4.69) is 53.8 Å². The molecule has 3 heteroatoms. The van der Waals surface area contributed by atoms with Gasteiger partial charge >= 0.3 is 0 Å². The van der Waals surface area contributed by atoms with Gasteiger partial charge in [0.05, 0.1) is 5.69 Å². The van der Waals surface area contributed by atoms with Crippen LogP contribution in [0.2, 0.25) is 0 Å². The minimum atomic E-state index is 0.879. The minimum Gasteiger partial charge on any atom is -0.311 e. The Morgan fingerprint density at radius 2 is 1.95 bits per heavy atom. The van der Waals surface area contributed by atoms with Crippen molar-refractivity contribution >= 4 is 11.3 Å². The molecule has 1 aromatic carbocycles. The Labute approximate surface area is 119 Å². The Kier molecular flexibility index (Phi) is 5.55. The van der Waals surface area contributed by atoms with Gasteiger partial charge < -0.3 is 5.32 Å². The fourth-order valence-electron chi connectivity index (χ4n) is 1.92. The van der Waals surface area contributed by atoms with Crippen LogP contribution in [-0.4, -0.2) is 11.5 Å². The van der Waals surface area contributed by atoms with Crippen molar-refractivity contribution in [3.63, 3.8) is 0 Å². The van der Waals surface area contributed by atoms with Crippen LogP contribution in [-0.2, 0) is 13.0 Å². The molecule has 0 fully saturated rings. The van der Waals surface area contributed by atoms with Crippen molar-refractivity contribution < 1.29 is 0 Å². The summed E-state index contributed by atoms with van der Waals surface area (Å²) in [5.41, 5.74) is 3.75. The van der Waals surface area contributed by atoms with E-state index in [1.165, 1.54) is 24.0 Å². The lowest BCUT2D eigenvalue weighted by atomic mass is 10.1. The van der Waals surface area contributed by atoms with Gasteiger partial charge in [-0.2, -0.15) is 0 Å². The number of aryl methyl sites for hydroxylation is 1. The molecule has 0 aliphatic rings. The van der Waals surface area contributed by atoms with Gasteiger partial charge in [0, 0.05) is 17.5 Å². The van der Waals surface area contributed by atoms with E-state index in [1.807, 2.05) is 0 Å². The predicted octanol–water partition coefficient (Wildman–Crippen LogP) is 4.26. The SMILES string of the molecule is CCCCNCc1csc(-c2ccc(CC)cc2)n1. The lowest BCUT2D eigenvalue weighted by Crippen LogP contribution is -2.14. The normalized spacial score (nSPS) is 10.8. The molecule has 1 N–H and O–H groups in total. The van der Waals surface area contributed by atoms with E-state index in [0.29, 0.717) is 0 Å². The van der Waals surface area contributed by atoms with Gasteiger partial charge in [-0.15, -0.1) is 11.3 Å². The molecule has 0 atom stereocenters. The molecule has 0 bridgehead atoms. The van der Waals surface area contributed by atoms with Crippen molar-refractivity contribution in [2.45, 2.75) is 39.7 Å². The average molecular weight is 274 g/mol. The van der Waals surface area contributed by atoms with Crippen molar-refractivity contribution in [3.05, 3.63) is 40.9 Å². The number of rotatable bonds is 7. The first kappa shape index (κ1) is 14.2. The second-order valence-electron chi connectivity index (χ2n) is 4.72. The average Bonchev–Trinajstić information content (AvgIpc) is 2.92. The molecule has 102 valence electrons. The first-order valence-electron chi connectivity index (χ1n) is 7.08. The van der Waals surface area contributed by atoms with Crippen LogP contribution in [0.5, 0.6) is 0 Å². The zero-order valence-corrected chi connectivity index (χ0v) is 12.6. The molecule has 0 spiro atoms. The first-order chi connectivity index (χ1) is 9.33. The number of nitrogens with zero attached hydrogens (tertiary/aromatic N) is 1. The van der Waals surface area contributed by atoms with Crippen molar-refractivity contribution in [3.8, 4) is 10.6 Å². The van der Waals surface area contributed by atoms with Gasteiger partial charge in [0.1, 0.15) is 5.01 Å². The predicted molar refractivity (Wildman–Crippen MR) is 83.5 cm³/mol. The molecule has 0 unspecified atom stereocenters. The first-order valence-corrected chi connectivity index (χ1v) is 7.96. The highest BCUT2D eigenvalue weighted by molar-refractivity contribution is 7.13. The molecule has 0 aliphatic heterocycles. The highest BCUT2D eigenvalue weighted by atomic mass is 32.1. The number of unbranched alkanes of at least 4 members (excludes halogenated alkanes) is 1. The van der Waals surface area contributed by atoms with Gasteiger partial charge in [0.2, 0.25) is 0 Å². The Bertz CT molecular complexity index is 488. The lowest BCUT2D eigenvalue weighted by molar-refractivity contribution is 0.635. The zero-order valence-electron chi connectivity index (χ0n) is 11.8. The summed E-state index contributed by atoms with van der Waals surface area (Å²) in [6, 6.07) is 8.73. The Morgan fingerprint density at radius 3 is 2.63 bits per heavy atom. The Morgan fingerprint density at radius 1 is 1.16 bits per heavy atom. The van der Waals surface area contributed by atoms with Crippen LogP contribution >= 0.6 is 11.3 Å². The van der Waals surface area contributed by atoms with E-state index in [1.54, 1.807) is 11.3 Å². The van der Waals surface area contributed by atoms with E-state index in [4.69, 9.17) is 0 Å². The lowest BCUT2D eigenvalue weighted by Gasteiger charge is -2.00. The maximum Gasteiger partial charge on any atom is 0.123 e. The maximum atomic E-state index is 4.69. The van der Waals surface area contributed by atoms with Crippen LogP contribution in [0.4, 0.5) is 0 Å². The number of aromatic nitrogens is 1. The largest absolute Gasteiger partial charge is 0.311 e. The molecule has 0 radical (unpaired) electrons. The van der Waals surface area contributed by atoms with Gasteiger partial charge in [-0.25, -0.2) is 4.98 Å². The van der Waals surface area contributed by atoms with E-state index < -0.39 is 0 Å². The van der Waals surface area contributed by atoms with Gasteiger partial charge in [0.15, 0.2) is 0 Å². The molecule has 0 saturated carbocycles. The molecule has 0 amide bonds. The van der Waals surface area contributed by atoms with E-state index in [-0.39, 0.29) is 0 Å². The van der Waals surface area contributed by atoms with Crippen molar-refractivity contribution in [2.75, 3.05) is 6.54 Å². The van der Waals surface area contributed by atoms with Crippen LogP contribution < -0.4 is 5.32 Å². The highest BCUT2D eigenvalue weighted by Gasteiger charge is 2.04. The van der Waals surface area contributed by atoms with Crippen LogP contribution in [0, 0.1) is 0 Å². The third-order valence-corrected chi connectivity index (χ3v) is 4.11. The summed E-state index contributed by atoms with van der Waals surface area (Å²) in [7, 11) is 0. The zero-order chi connectivity index (χ0) is 13.5. The minimum absolute atomic E-state index is 0.879. The van der Waals surface area contributed by atoms with E-state index >= 15 is 0 Å². The summed E-state index contributed by atoms with van der Waals surface area (Å²) in [5.74, 6) is 0. The number of hydrogen-bond donors (Lipinski definition) is 1. The molecule has 1 aromatic heterocycles. The number of nitrogens with one attached hydrogen (secondary N) is 1. The molecule has 0 saturated heterocycles. The molecule has 0 aliphatic carbocycles. The second kappa shape index (κ2) is 7.41. The monoisotopic (exact) mass is 274 g/mol. The molecule has 19 heavy (non-hydrogen) atoms. The summed E-state index contributed by atoms with van der Waals surface area (Å²) in [5, 5.41) is 6.70. The number of hydrogen-bond acceptors (Lipinski definition) is 3. The van der Waals surface area contributed by atoms with Gasteiger partial charge in [-0.05, 0) is 24.9 Å². The Balaban J connectivity index is 1.95. The van der Waals surface area contributed by atoms with E-state index in [0.717, 1.165) is 30.2 Å². The van der Waals surface area contributed by atoms with Crippen LogP contribution in [0.3, 0.4) is 0 Å². The third kappa shape index (κ3) is 4.15. The summed E-state index contributed by atoms with van der Waals surface area (Å²) in [6.07, 6.45) is 3.55. The fourth-order valence-corrected chi connectivity index (χ4v) is 2.75. The smallest absolute Gasteiger partial charge is 0.123 e. The van der Waals surface area contributed by atoms with Crippen LogP contribution in [0.25, 0.3) is 10.6 Å². The summed E-state index contributed by atoms with van der Waals surface area (Å²) < 4.78 is 0. The molecule has 2 rings (SSSR count). The van der Waals surface area contributed by atoms with Crippen molar-refractivity contribution in [1.29, 1.82) is 0 Å². The van der Waals surface area contributed by atoms with Gasteiger partial charge in [-0.3, -0.25) is 0 Å². The summed E-state index contributed by atoms with van der Waals surface area (Å²) >= 11 is 1.73. The van der Waals surface area contributed by atoms with Crippen LogP contribution in [0.1, 0.15) is 37.9 Å².